The second kappa shape index (κ2) is 2.46. The number of hydrogen-bond acceptors (Lipinski definition) is 2. The van der Waals surface area contributed by atoms with Crippen molar-refractivity contribution in [3.8, 4) is 0 Å². The molecule has 8 heavy (non-hydrogen) atoms. The van der Waals surface area contributed by atoms with Crippen molar-refractivity contribution in [2.24, 2.45) is 5.41 Å². The lowest BCUT2D eigenvalue weighted by atomic mass is 9.95. The first-order chi connectivity index (χ1) is 3.48. The number of aliphatic hydroxyl groups excluding tert-OH is 1. The summed E-state index contributed by atoms with van der Waals surface area (Å²) in [4.78, 5) is 0. The molecule has 0 bridgehead atoms. The molecule has 0 spiro atoms. The maximum atomic E-state index is 9.08. The molecule has 50 valence electrons. The maximum absolute atomic E-state index is 9.08. The van der Waals surface area contributed by atoms with Crippen molar-refractivity contribution < 1.29 is 5.11 Å². The summed E-state index contributed by atoms with van der Waals surface area (Å²) < 4.78 is 0. The second-order valence-electron chi connectivity index (χ2n) is 3.06. The number of rotatable bonds is 1. The fourth-order valence-electron chi connectivity index (χ4n) is 0.433. The summed E-state index contributed by atoms with van der Waals surface area (Å²) in [5.41, 5.74) is -0.0469. The quantitative estimate of drug-likeness (QED) is 0.492. The van der Waals surface area contributed by atoms with Crippen LogP contribution in [0.1, 0.15) is 20.8 Å². The topological polar surface area (TPSA) is 32.3 Å². The molecule has 0 aliphatic carbocycles. The van der Waals surface area contributed by atoms with Crippen molar-refractivity contribution in [3.05, 3.63) is 0 Å². The molecule has 0 aliphatic heterocycles. The van der Waals surface area contributed by atoms with E-state index in [2.05, 4.69) is 5.32 Å². The van der Waals surface area contributed by atoms with Gasteiger partial charge < -0.3 is 5.11 Å². The zero-order valence-electron chi connectivity index (χ0n) is 6.02. The van der Waals surface area contributed by atoms with Crippen LogP contribution in [0.25, 0.3) is 0 Å². The molecule has 0 saturated carbocycles. The predicted molar refractivity (Wildman–Crippen MR) is 34.5 cm³/mol. The highest BCUT2D eigenvalue weighted by atomic mass is 16.3. The van der Waals surface area contributed by atoms with E-state index in [-0.39, 0.29) is 5.41 Å². The van der Waals surface area contributed by atoms with E-state index in [1.807, 2.05) is 20.8 Å². The normalized spacial score (nSPS) is 16.1. The van der Waals surface area contributed by atoms with Gasteiger partial charge in [0.2, 0.25) is 0 Å². The van der Waals surface area contributed by atoms with Crippen LogP contribution in [0.2, 0.25) is 0 Å². The molecule has 1 unspecified atom stereocenters. The molecule has 0 aromatic rings. The van der Waals surface area contributed by atoms with Crippen LogP contribution >= 0.6 is 0 Å². The third-order valence-electron chi connectivity index (χ3n) is 1.09. The van der Waals surface area contributed by atoms with Gasteiger partial charge in [0.1, 0.15) is 6.23 Å². The van der Waals surface area contributed by atoms with Crippen LogP contribution in [0.3, 0.4) is 0 Å². The smallest absolute Gasteiger partial charge is 0.109 e. The Hall–Kier alpha value is -0.0800. The zero-order valence-corrected chi connectivity index (χ0v) is 6.02. The number of nitrogens with one attached hydrogen (secondary N) is 1. The average Bonchev–Trinajstić information content (AvgIpc) is 1.62. The lowest BCUT2D eigenvalue weighted by Gasteiger charge is -2.24. The minimum atomic E-state index is -0.400. The van der Waals surface area contributed by atoms with E-state index < -0.39 is 6.23 Å². The Balaban J connectivity index is 3.62. The van der Waals surface area contributed by atoms with E-state index >= 15 is 0 Å². The van der Waals surface area contributed by atoms with Crippen LogP contribution in [0, 0.1) is 5.41 Å². The zero-order chi connectivity index (χ0) is 6.78. The van der Waals surface area contributed by atoms with E-state index in [0.717, 1.165) is 0 Å². The molecule has 0 aromatic heterocycles. The van der Waals surface area contributed by atoms with Gasteiger partial charge in [-0.3, -0.25) is 5.32 Å². The molecule has 0 aromatic carbocycles. The summed E-state index contributed by atoms with van der Waals surface area (Å²) in [5.74, 6) is 0. The first kappa shape index (κ1) is 7.92. The van der Waals surface area contributed by atoms with Crippen LogP contribution < -0.4 is 5.32 Å². The van der Waals surface area contributed by atoms with Crippen molar-refractivity contribution in [1.82, 2.24) is 5.32 Å². The van der Waals surface area contributed by atoms with Gasteiger partial charge in [0.25, 0.3) is 0 Å². The van der Waals surface area contributed by atoms with E-state index in [0.29, 0.717) is 0 Å². The Morgan fingerprint density at radius 2 is 1.75 bits per heavy atom. The minimum Gasteiger partial charge on any atom is -0.378 e. The van der Waals surface area contributed by atoms with Crippen molar-refractivity contribution in [2.75, 3.05) is 7.05 Å². The van der Waals surface area contributed by atoms with Crippen LogP contribution in [-0.2, 0) is 0 Å². The number of aliphatic hydroxyl groups is 1. The fraction of sp³-hybridized carbons (Fsp3) is 1.00. The SMILES string of the molecule is CNC(O)C(C)(C)C. The highest BCUT2D eigenvalue weighted by Gasteiger charge is 2.19. The van der Waals surface area contributed by atoms with Crippen LogP contribution in [-0.4, -0.2) is 18.4 Å². The van der Waals surface area contributed by atoms with Crippen molar-refractivity contribution in [2.45, 2.75) is 27.0 Å². The van der Waals surface area contributed by atoms with E-state index in [4.69, 9.17) is 5.11 Å². The minimum absolute atomic E-state index is 0.0469. The molecule has 0 saturated heterocycles. The van der Waals surface area contributed by atoms with E-state index in [1.54, 1.807) is 7.05 Å². The molecule has 2 nitrogen and oxygen atoms in total. The highest BCUT2D eigenvalue weighted by molar-refractivity contribution is 4.67. The molecule has 1 atom stereocenters. The Morgan fingerprint density at radius 1 is 1.38 bits per heavy atom. The van der Waals surface area contributed by atoms with E-state index in [9.17, 15) is 0 Å². The van der Waals surface area contributed by atoms with Gasteiger partial charge in [0.15, 0.2) is 0 Å². The lowest BCUT2D eigenvalue weighted by Crippen LogP contribution is -2.37. The van der Waals surface area contributed by atoms with Crippen molar-refractivity contribution in [3.63, 3.8) is 0 Å². The highest BCUT2D eigenvalue weighted by Crippen LogP contribution is 2.15. The van der Waals surface area contributed by atoms with Gasteiger partial charge in [-0.15, -0.1) is 0 Å². The van der Waals surface area contributed by atoms with Gasteiger partial charge in [0.05, 0.1) is 0 Å². The predicted octanol–water partition coefficient (Wildman–Crippen LogP) is 0.570. The summed E-state index contributed by atoms with van der Waals surface area (Å²) in [7, 11) is 1.75. The molecule has 0 fully saturated rings. The molecule has 0 heterocycles. The molecular formula is C6H15NO. The maximum Gasteiger partial charge on any atom is 0.109 e. The van der Waals surface area contributed by atoms with Gasteiger partial charge in [-0.05, 0) is 7.05 Å². The Kier molecular flexibility index (Phi) is 2.44. The Labute approximate surface area is 50.9 Å². The Morgan fingerprint density at radius 3 is 1.75 bits per heavy atom. The molecule has 0 radical (unpaired) electrons. The largest absolute Gasteiger partial charge is 0.378 e. The van der Waals surface area contributed by atoms with Crippen LogP contribution in [0.4, 0.5) is 0 Å². The molecular weight excluding hydrogens is 102 g/mol. The second-order valence-corrected chi connectivity index (χ2v) is 3.06. The third kappa shape index (κ3) is 2.28. The molecule has 0 amide bonds. The van der Waals surface area contributed by atoms with Crippen molar-refractivity contribution in [1.29, 1.82) is 0 Å². The van der Waals surface area contributed by atoms with Gasteiger partial charge in [-0.1, -0.05) is 20.8 Å². The summed E-state index contributed by atoms with van der Waals surface area (Å²) in [6.45, 7) is 5.94. The standard InChI is InChI=1S/C6H15NO/c1-6(2,3)5(8)7-4/h5,7-8H,1-4H3. The van der Waals surface area contributed by atoms with Gasteiger partial charge >= 0.3 is 0 Å². The summed E-state index contributed by atoms with van der Waals surface area (Å²) in [6, 6.07) is 0. The molecule has 0 rings (SSSR count). The Bertz CT molecular complexity index is 65.4. The molecule has 0 aliphatic rings. The third-order valence-corrected chi connectivity index (χ3v) is 1.09. The van der Waals surface area contributed by atoms with Crippen molar-refractivity contribution >= 4 is 0 Å². The van der Waals surface area contributed by atoms with Gasteiger partial charge in [-0.25, -0.2) is 0 Å². The summed E-state index contributed by atoms with van der Waals surface area (Å²) >= 11 is 0. The monoisotopic (exact) mass is 117 g/mol. The van der Waals surface area contributed by atoms with Crippen LogP contribution in [0.15, 0.2) is 0 Å². The van der Waals surface area contributed by atoms with Gasteiger partial charge in [-0.2, -0.15) is 0 Å². The lowest BCUT2D eigenvalue weighted by molar-refractivity contribution is 0.0402. The van der Waals surface area contributed by atoms with E-state index in [1.165, 1.54) is 0 Å². The molecule has 2 N–H and O–H groups in total. The first-order valence-corrected chi connectivity index (χ1v) is 2.84. The summed E-state index contributed by atoms with van der Waals surface area (Å²) in [5, 5.41) is 11.8. The molecule has 2 heteroatoms. The summed E-state index contributed by atoms with van der Waals surface area (Å²) in [6.07, 6.45) is -0.400. The fourth-order valence-corrected chi connectivity index (χ4v) is 0.433. The first-order valence-electron chi connectivity index (χ1n) is 2.84. The van der Waals surface area contributed by atoms with Crippen LogP contribution in [0.5, 0.6) is 0 Å². The van der Waals surface area contributed by atoms with Gasteiger partial charge in [0, 0.05) is 5.41 Å². The number of hydrogen-bond donors (Lipinski definition) is 2. The average molecular weight is 117 g/mol.